The Bertz CT molecular complexity index is 532. The van der Waals surface area contributed by atoms with E-state index in [9.17, 15) is 9.59 Å². The number of hydrogen-bond donors (Lipinski definition) is 1. The van der Waals surface area contributed by atoms with Crippen LogP contribution in [-0.4, -0.2) is 30.8 Å². The third-order valence-electron chi connectivity index (χ3n) is 3.38. The largest absolute Gasteiger partial charge is 0.467 e. The van der Waals surface area contributed by atoms with Gasteiger partial charge in [-0.25, -0.2) is 9.59 Å². The zero-order valence-electron chi connectivity index (χ0n) is 14.8. The van der Waals surface area contributed by atoms with Crippen LogP contribution in [0.5, 0.6) is 0 Å². The molecule has 1 atom stereocenters. The Labute approximate surface area is 138 Å². The van der Waals surface area contributed by atoms with Gasteiger partial charge in [-0.2, -0.15) is 0 Å². The van der Waals surface area contributed by atoms with E-state index < -0.39 is 29.1 Å². The van der Waals surface area contributed by atoms with Crippen LogP contribution in [0.25, 0.3) is 0 Å². The molecule has 1 aromatic rings. The van der Waals surface area contributed by atoms with Crippen molar-refractivity contribution in [2.24, 2.45) is 5.41 Å². The van der Waals surface area contributed by atoms with Gasteiger partial charge in [0.2, 0.25) is 0 Å². The van der Waals surface area contributed by atoms with Crippen molar-refractivity contribution >= 4 is 12.1 Å². The number of esters is 1. The number of amides is 1. The van der Waals surface area contributed by atoms with Crippen molar-refractivity contribution in [2.45, 2.75) is 52.7 Å². The molecule has 5 nitrogen and oxygen atoms in total. The quantitative estimate of drug-likeness (QED) is 0.845. The van der Waals surface area contributed by atoms with Crippen molar-refractivity contribution in [3.8, 4) is 0 Å². The van der Waals surface area contributed by atoms with Crippen LogP contribution >= 0.6 is 0 Å². The average molecular weight is 321 g/mol. The first-order valence-electron chi connectivity index (χ1n) is 7.66. The van der Waals surface area contributed by atoms with Gasteiger partial charge in [0.25, 0.3) is 0 Å². The lowest BCUT2D eigenvalue weighted by Crippen LogP contribution is -2.52. The van der Waals surface area contributed by atoms with Crippen LogP contribution in [0.15, 0.2) is 30.3 Å². The fourth-order valence-electron chi connectivity index (χ4n) is 2.34. The molecule has 1 rings (SSSR count). The molecule has 0 bridgehead atoms. The summed E-state index contributed by atoms with van der Waals surface area (Å²) in [5.41, 5.74) is -0.0861. The van der Waals surface area contributed by atoms with E-state index in [2.05, 4.69) is 5.32 Å². The second-order valence-corrected chi connectivity index (χ2v) is 7.25. The van der Waals surface area contributed by atoms with Gasteiger partial charge in [0, 0.05) is 0 Å². The van der Waals surface area contributed by atoms with Crippen molar-refractivity contribution in [1.29, 1.82) is 0 Å². The fourth-order valence-corrected chi connectivity index (χ4v) is 2.34. The highest BCUT2D eigenvalue weighted by Crippen LogP contribution is 2.27. The first-order chi connectivity index (χ1) is 10.5. The second-order valence-electron chi connectivity index (χ2n) is 7.25. The van der Waals surface area contributed by atoms with Gasteiger partial charge in [-0.3, -0.25) is 0 Å². The molecule has 0 spiro atoms. The molecule has 0 aromatic heterocycles. The normalized spacial score (nSPS) is 13.1. The summed E-state index contributed by atoms with van der Waals surface area (Å²) in [6.45, 7) is 9.15. The molecule has 0 radical (unpaired) electrons. The summed E-state index contributed by atoms with van der Waals surface area (Å²) in [7, 11) is 1.31. The van der Waals surface area contributed by atoms with Crippen LogP contribution in [0.3, 0.4) is 0 Å². The Balaban J connectivity index is 2.91. The number of carbonyl (C=O) groups excluding carboxylic acids is 2. The minimum atomic E-state index is -0.803. The lowest BCUT2D eigenvalue weighted by Gasteiger charge is -2.33. The molecule has 5 heteroatoms. The van der Waals surface area contributed by atoms with Gasteiger partial charge in [0.1, 0.15) is 11.6 Å². The fraction of sp³-hybridized carbons (Fsp3) is 0.556. The van der Waals surface area contributed by atoms with Gasteiger partial charge < -0.3 is 14.8 Å². The molecule has 0 saturated heterocycles. The molecular weight excluding hydrogens is 294 g/mol. The van der Waals surface area contributed by atoms with Crippen LogP contribution in [-0.2, 0) is 20.7 Å². The predicted molar refractivity (Wildman–Crippen MR) is 89.1 cm³/mol. The number of alkyl carbamates (subject to hydrolysis) is 1. The number of methoxy groups -OCH3 is 1. The Hall–Kier alpha value is -2.04. The summed E-state index contributed by atoms with van der Waals surface area (Å²) < 4.78 is 10.1. The minimum absolute atomic E-state index is 0.489. The van der Waals surface area contributed by atoms with Gasteiger partial charge in [0.15, 0.2) is 0 Å². The van der Waals surface area contributed by atoms with Crippen LogP contribution < -0.4 is 5.32 Å². The Kier molecular flexibility index (Phi) is 6.19. The summed E-state index contributed by atoms with van der Waals surface area (Å²) in [6, 6.07) is 9.00. The summed E-state index contributed by atoms with van der Waals surface area (Å²) in [5, 5.41) is 2.65. The monoisotopic (exact) mass is 321 g/mol. The van der Waals surface area contributed by atoms with Crippen molar-refractivity contribution < 1.29 is 19.1 Å². The zero-order valence-corrected chi connectivity index (χ0v) is 14.8. The molecule has 0 heterocycles. The molecular formula is C18H27NO4. The number of hydrogen-bond acceptors (Lipinski definition) is 4. The van der Waals surface area contributed by atoms with Gasteiger partial charge in [-0.1, -0.05) is 44.2 Å². The van der Waals surface area contributed by atoms with Crippen LogP contribution in [0.1, 0.15) is 40.2 Å². The maximum Gasteiger partial charge on any atom is 0.408 e. The highest BCUT2D eigenvalue weighted by molar-refractivity contribution is 5.82. The summed E-state index contributed by atoms with van der Waals surface area (Å²) >= 11 is 0. The molecule has 0 aliphatic rings. The van der Waals surface area contributed by atoms with Crippen LogP contribution in [0.4, 0.5) is 4.79 Å². The van der Waals surface area contributed by atoms with E-state index in [1.807, 2.05) is 44.2 Å². The highest BCUT2D eigenvalue weighted by Gasteiger charge is 2.38. The standard InChI is InChI=1S/C18H27NO4/c1-17(2,3)23-16(21)19-14(15(20)22-6)18(4,5)12-13-10-8-7-9-11-13/h7-11,14H,12H2,1-6H3,(H,19,21)/t14-/m1/s1. The van der Waals surface area contributed by atoms with E-state index >= 15 is 0 Å². The first-order valence-corrected chi connectivity index (χ1v) is 7.66. The summed E-state index contributed by atoms with van der Waals surface area (Å²) in [6.07, 6.45) is -0.0160. The number of carbonyl (C=O) groups is 2. The Morgan fingerprint density at radius 2 is 1.65 bits per heavy atom. The van der Waals surface area contributed by atoms with E-state index in [-0.39, 0.29) is 0 Å². The van der Waals surface area contributed by atoms with E-state index in [1.54, 1.807) is 20.8 Å². The second kappa shape index (κ2) is 7.49. The number of ether oxygens (including phenoxy) is 2. The molecule has 0 fully saturated rings. The molecule has 0 aliphatic carbocycles. The van der Waals surface area contributed by atoms with E-state index in [0.717, 1.165) is 5.56 Å². The van der Waals surface area contributed by atoms with Crippen LogP contribution in [0.2, 0.25) is 0 Å². The van der Waals surface area contributed by atoms with Crippen molar-refractivity contribution in [3.63, 3.8) is 0 Å². The van der Waals surface area contributed by atoms with Gasteiger partial charge in [-0.15, -0.1) is 0 Å². The summed E-state index contributed by atoms with van der Waals surface area (Å²) in [4.78, 5) is 24.2. The zero-order chi connectivity index (χ0) is 17.7. The predicted octanol–water partition coefficient (Wildman–Crippen LogP) is 3.32. The van der Waals surface area contributed by atoms with Gasteiger partial charge in [0.05, 0.1) is 7.11 Å². The van der Waals surface area contributed by atoms with Crippen LogP contribution in [0, 0.1) is 5.41 Å². The minimum Gasteiger partial charge on any atom is -0.467 e. The molecule has 0 unspecified atom stereocenters. The first kappa shape index (κ1) is 19.0. The van der Waals surface area contributed by atoms with Gasteiger partial charge in [-0.05, 0) is 38.2 Å². The SMILES string of the molecule is COC(=O)[C@@H](NC(=O)OC(C)(C)C)C(C)(C)Cc1ccccc1. The van der Waals surface area contributed by atoms with E-state index in [1.165, 1.54) is 7.11 Å². The average Bonchev–Trinajstić information content (AvgIpc) is 2.42. The van der Waals surface area contributed by atoms with Crippen molar-refractivity contribution in [3.05, 3.63) is 35.9 Å². The third-order valence-corrected chi connectivity index (χ3v) is 3.38. The Morgan fingerprint density at radius 1 is 1.09 bits per heavy atom. The molecule has 128 valence electrons. The molecule has 1 amide bonds. The van der Waals surface area contributed by atoms with E-state index in [0.29, 0.717) is 6.42 Å². The molecule has 0 saturated carbocycles. The summed E-state index contributed by atoms with van der Waals surface area (Å²) in [5.74, 6) is -0.489. The topological polar surface area (TPSA) is 64.6 Å². The van der Waals surface area contributed by atoms with Crippen molar-refractivity contribution in [2.75, 3.05) is 7.11 Å². The molecule has 23 heavy (non-hydrogen) atoms. The highest BCUT2D eigenvalue weighted by atomic mass is 16.6. The molecule has 1 aromatic carbocycles. The maximum atomic E-state index is 12.2. The van der Waals surface area contributed by atoms with E-state index in [4.69, 9.17) is 9.47 Å². The number of benzene rings is 1. The molecule has 1 N–H and O–H groups in total. The lowest BCUT2D eigenvalue weighted by molar-refractivity contribution is -0.146. The number of rotatable bonds is 5. The third kappa shape index (κ3) is 6.30. The smallest absolute Gasteiger partial charge is 0.408 e. The van der Waals surface area contributed by atoms with Crippen molar-refractivity contribution in [1.82, 2.24) is 5.32 Å². The maximum absolute atomic E-state index is 12.2. The van der Waals surface area contributed by atoms with Gasteiger partial charge >= 0.3 is 12.1 Å². The molecule has 0 aliphatic heterocycles. The lowest BCUT2D eigenvalue weighted by atomic mass is 9.78. The number of nitrogens with one attached hydrogen (secondary N) is 1. The Morgan fingerprint density at radius 3 is 2.13 bits per heavy atom.